The minimum atomic E-state index is -4.47. The highest BCUT2D eigenvalue weighted by molar-refractivity contribution is 6.76. The van der Waals surface area contributed by atoms with E-state index < -0.39 is 19.8 Å². The van der Waals surface area contributed by atoms with Crippen molar-refractivity contribution in [3.8, 4) is 5.75 Å². The molecule has 1 aromatic carbocycles. The Hall–Kier alpha value is -1.50. The van der Waals surface area contributed by atoms with Gasteiger partial charge in [-0.3, -0.25) is 4.79 Å². The van der Waals surface area contributed by atoms with E-state index in [0.29, 0.717) is 31.5 Å². The SMILES string of the molecule is Cc1cc(OCCC[Si](C)(C)C)c(C(F)(F)F)cc1CCN(C)C=O. The van der Waals surface area contributed by atoms with Crippen molar-refractivity contribution in [1.29, 1.82) is 0 Å². The smallest absolute Gasteiger partial charge is 0.419 e. The van der Waals surface area contributed by atoms with Gasteiger partial charge in [0.15, 0.2) is 0 Å². The minimum Gasteiger partial charge on any atom is -0.493 e. The second-order valence-corrected chi connectivity index (χ2v) is 13.2. The highest BCUT2D eigenvalue weighted by atomic mass is 28.3. The number of carbonyl (C=O) groups excluding carboxylic acids is 1. The summed E-state index contributed by atoms with van der Waals surface area (Å²) in [6.07, 6.45) is -2.67. The summed E-state index contributed by atoms with van der Waals surface area (Å²) in [5.74, 6) is -0.104. The summed E-state index contributed by atoms with van der Waals surface area (Å²) < 4.78 is 45.6. The predicted octanol–water partition coefficient (Wildman–Crippen LogP) is 4.75. The molecule has 142 valence electrons. The number of alkyl halides is 3. The highest BCUT2D eigenvalue weighted by Crippen LogP contribution is 2.38. The van der Waals surface area contributed by atoms with Crippen molar-refractivity contribution in [3.63, 3.8) is 0 Å². The van der Waals surface area contributed by atoms with Gasteiger partial charge in [0.25, 0.3) is 0 Å². The van der Waals surface area contributed by atoms with E-state index in [1.54, 1.807) is 14.0 Å². The monoisotopic (exact) mass is 375 g/mol. The predicted molar refractivity (Wildman–Crippen MR) is 96.8 cm³/mol. The molecule has 0 aromatic heterocycles. The van der Waals surface area contributed by atoms with E-state index in [1.807, 2.05) is 0 Å². The first kappa shape index (κ1) is 21.5. The Morgan fingerprint density at radius 3 is 2.40 bits per heavy atom. The summed E-state index contributed by atoms with van der Waals surface area (Å²) >= 11 is 0. The van der Waals surface area contributed by atoms with E-state index in [1.165, 1.54) is 11.0 Å². The van der Waals surface area contributed by atoms with Crippen LogP contribution < -0.4 is 4.74 Å². The molecular weight excluding hydrogens is 347 g/mol. The van der Waals surface area contributed by atoms with E-state index in [0.717, 1.165) is 24.1 Å². The third-order valence-corrected chi connectivity index (χ3v) is 5.84. The zero-order valence-electron chi connectivity index (χ0n) is 15.7. The number of benzene rings is 1. The number of hydrogen-bond donors (Lipinski definition) is 0. The third kappa shape index (κ3) is 7.50. The van der Waals surface area contributed by atoms with Crippen LogP contribution in [0.15, 0.2) is 12.1 Å². The normalized spacial score (nSPS) is 12.2. The van der Waals surface area contributed by atoms with Gasteiger partial charge in [-0.25, -0.2) is 0 Å². The van der Waals surface area contributed by atoms with Crippen molar-refractivity contribution in [2.24, 2.45) is 0 Å². The summed E-state index contributed by atoms with van der Waals surface area (Å²) in [5.41, 5.74) is 0.581. The molecule has 3 nitrogen and oxygen atoms in total. The fourth-order valence-electron chi connectivity index (χ4n) is 2.47. The van der Waals surface area contributed by atoms with Gasteiger partial charge < -0.3 is 9.64 Å². The van der Waals surface area contributed by atoms with E-state index in [-0.39, 0.29) is 5.75 Å². The summed E-state index contributed by atoms with van der Waals surface area (Å²) in [7, 11) is 0.374. The van der Waals surface area contributed by atoms with E-state index in [9.17, 15) is 18.0 Å². The van der Waals surface area contributed by atoms with Crippen molar-refractivity contribution in [1.82, 2.24) is 4.90 Å². The van der Waals surface area contributed by atoms with E-state index >= 15 is 0 Å². The lowest BCUT2D eigenvalue weighted by molar-refractivity contribution is -0.139. The fraction of sp³-hybridized carbons (Fsp3) is 0.611. The van der Waals surface area contributed by atoms with Crippen molar-refractivity contribution in [3.05, 3.63) is 28.8 Å². The van der Waals surface area contributed by atoms with Gasteiger partial charge in [-0.05, 0) is 43.0 Å². The summed E-state index contributed by atoms with van der Waals surface area (Å²) in [5, 5.41) is 0. The number of halogens is 3. The number of carbonyl (C=O) groups is 1. The molecule has 0 saturated carbocycles. The van der Waals surface area contributed by atoms with Gasteiger partial charge in [0.1, 0.15) is 5.75 Å². The van der Waals surface area contributed by atoms with Crippen LogP contribution in [0.2, 0.25) is 25.7 Å². The highest BCUT2D eigenvalue weighted by Gasteiger charge is 2.35. The number of hydrogen-bond acceptors (Lipinski definition) is 2. The number of rotatable bonds is 9. The Bertz CT molecular complexity index is 583. The van der Waals surface area contributed by atoms with Crippen molar-refractivity contribution >= 4 is 14.5 Å². The van der Waals surface area contributed by atoms with Crippen LogP contribution in [-0.4, -0.2) is 39.6 Å². The average Bonchev–Trinajstić information content (AvgIpc) is 2.48. The molecule has 0 atom stereocenters. The van der Waals surface area contributed by atoms with E-state index in [2.05, 4.69) is 19.6 Å². The van der Waals surface area contributed by atoms with Crippen LogP contribution in [-0.2, 0) is 17.4 Å². The molecule has 1 aromatic rings. The maximum atomic E-state index is 13.4. The summed E-state index contributed by atoms with van der Waals surface area (Å²) in [6.45, 7) is 9.11. The number of aryl methyl sites for hydroxylation is 1. The lowest BCUT2D eigenvalue weighted by atomic mass is 10.0. The minimum absolute atomic E-state index is 0.104. The van der Waals surface area contributed by atoms with Gasteiger partial charge >= 0.3 is 6.18 Å². The average molecular weight is 376 g/mol. The quantitative estimate of drug-likeness (QED) is 0.354. The lowest BCUT2D eigenvalue weighted by Crippen LogP contribution is -2.20. The first-order valence-electron chi connectivity index (χ1n) is 8.43. The van der Waals surface area contributed by atoms with Crippen LogP contribution in [0.4, 0.5) is 13.2 Å². The second kappa shape index (κ2) is 8.74. The molecule has 0 spiro atoms. The van der Waals surface area contributed by atoms with Gasteiger partial charge in [-0.2, -0.15) is 13.2 Å². The third-order valence-electron chi connectivity index (χ3n) is 3.99. The molecule has 0 N–H and O–H groups in total. The molecule has 0 aliphatic heterocycles. The molecule has 0 unspecified atom stereocenters. The molecule has 1 rings (SSSR count). The molecular formula is C18H28F3NO2Si. The largest absolute Gasteiger partial charge is 0.493 e. The van der Waals surface area contributed by atoms with Crippen molar-refractivity contribution in [2.45, 2.75) is 51.6 Å². The second-order valence-electron chi connectivity index (χ2n) is 7.62. The fourth-order valence-corrected chi connectivity index (χ4v) is 3.68. The van der Waals surface area contributed by atoms with Gasteiger partial charge in [-0.1, -0.05) is 25.7 Å². The van der Waals surface area contributed by atoms with Crippen LogP contribution in [0.5, 0.6) is 5.75 Å². The number of ether oxygens (including phenoxy) is 1. The maximum Gasteiger partial charge on any atom is 0.419 e. The molecule has 7 heteroatoms. The first-order chi connectivity index (χ1) is 11.4. The van der Waals surface area contributed by atoms with Crippen LogP contribution in [0, 0.1) is 6.92 Å². The Morgan fingerprint density at radius 1 is 1.24 bits per heavy atom. The molecule has 0 fully saturated rings. The van der Waals surface area contributed by atoms with Gasteiger partial charge in [0.2, 0.25) is 6.41 Å². The summed E-state index contributed by atoms with van der Waals surface area (Å²) in [4.78, 5) is 12.0. The van der Waals surface area contributed by atoms with Crippen LogP contribution >= 0.6 is 0 Å². The molecule has 0 bridgehead atoms. The molecule has 0 aliphatic carbocycles. The zero-order chi connectivity index (χ0) is 19.3. The molecule has 0 saturated heterocycles. The standard InChI is InChI=1S/C18H28F3NO2Si/c1-14-11-17(24-9-6-10-25(3,4)5)16(18(19,20)21)12-15(14)7-8-22(2)13-23/h11-13H,6-10H2,1-5H3. The zero-order valence-corrected chi connectivity index (χ0v) is 16.7. The van der Waals surface area contributed by atoms with E-state index in [4.69, 9.17) is 4.74 Å². The molecule has 0 aliphatic rings. The van der Waals surface area contributed by atoms with Crippen LogP contribution in [0.25, 0.3) is 0 Å². The number of amides is 1. The summed E-state index contributed by atoms with van der Waals surface area (Å²) in [6, 6.07) is 3.64. The van der Waals surface area contributed by atoms with Crippen LogP contribution in [0.3, 0.4) is 0 Å². The number of likely N-dealkylation sites (N-methyl/N-ethyl adjacent to an activating group) is 1. The molecule has 1 amide bonds. The first-order valence-corrected chi connectivity index (χ1v) is 12.1. The Kier molecular flexibility index (Phi) is 7.53. The Balaban J connectivity index is 2.93. The molecule has 0 heterocycles. The van der Waals surface area contributed by atoms with Crippen molar-refractivity contribution < 1.29 is 22.7 Å². The van der Waals surface area contributed by atoms with Crippen molar-refractivity contribution in [2.75, 3.05) is 20.2 Å². The van der Waals surface area contributed by atoms with Gasteiger partial charge in [0.05, 0.1) is 12.2 Å². The maximum absolute atomic E-state index is 13.4. The Labute approximate surface area is 149 Å². The number of nitrogens with zero attached hydrogens (tertiary/aromatic N) is 1. The van der Waals surface area contributed by atoms with Gasteiger partial charge in [-0.15, -0.1) is 0 Å². The lowest BCUT2D eigenvalue weighted by Gasteiger charge is -2.19. The topological polar surface area (TPSA) is 29.5 Å². The van der Waals surface area contributed by atoms with Gasteiger partial charge in [0, 0.05) is 21.7 Å². The molecule has 0 radical (unpaired) electrons. The Morgan fingerprint density at radius 2 is 1.88 bits per heavy atom. The molecule has 25 heavy (non-hydrogen) atoms. The van der Waals surface area contributed by atoms with Crippen LogP contribution in [0.1, 0.15) is 23.1 Å².